The third-order valence-corrected chi connectivity index (χ3v) is 3.87. The third kappa shape index (κ3) is 3.18. The zero-order valence-electron chi connectivity index (χ0n) is 11.1. The number of nitrogens with zero attached hydrogens (tertiary/aromatic N) is 2. The van der Waals surface area contributed by atoms with Crippen LogP contribution in [0.5, 0.6) is 0 Å². The molecule has 118 valence electrons. The van der Waals surface area contributed by atoms with Crippen molar-refractivity contribution in [1.29, 1.82) is 0 Å². The molecular weight excluding hydrogens is 369 g/mol. The maximum Gasteiger partial charge on any atom is 0.259 e. The van der Waals surface area contributed by atoms with Crippen molar-refractivity contribution in [3.05, 3.63) is 33.4 Å². The van der Waals surface area contributed by atoms with Gasteiger partial charge in [-0.3, -0.25) is 9.27 Å². The van der Waals surface area contributed by atoms with E-state index in [4.69, 9.17) is 51.4 Å². The van der Waals surface area contributed by atoms with Crippen molar-refractivity contribution in [1.82, 2.24) is 9.78 Å². The summed E-state index contributed by atoms with van der Waals surface area (Å²) in [5, 5.41) is 4.75. The number of aromatic nitrogens is 2. The number of hydrogen-bond acceptors (Lipinski definition) is 4. The van der Waals surface area contributed by atoms with E-state index in [0.29, 0.717) is 15.7 Å². The number of hydrogen-bond donors (Lipinski definition) is 4. The molecule has 1 heterocycles. The number of halogens is 2. The Morgan fingerprint density at radius 2 is 2.00 bits per heavy atom. The van der Waals surface area contributed by atoms with Gasteiger partial charge in [-0.05, 0) is 24.6 Å². The van der Waals surface area contributed by atoms with Gasteiger partial charge in [-0.1, -0.05) is 35.4 Å². The predicted octanol–water partition coefficient (Wildman–Crippen LogP) is 2.25. The van der Waals surface area contributed by atoms with Crippen molar-refractivity contribution in [2.24, 2.45) is 5.73 Å². The van der Waals surface area contributed by atoms with E-state index in [1.165, 1.54) is 4.68 Å². The van der Waals surface area contributed by atoms with Gasteiger partial charge in [0.05, 0.1) is 10.0 Å². The molecule has 11 heteroatoms. The summed E-state index contributed by atoms with van der Waals surface area (Å²) in [5.74, 6) is -0.00199. The maximum absolute atomic E-state index is 11.0. The van der Waals surface area contributed by atoms with Gasteiger partial charge in [0.1, 0.15) is 22.1 Å². The number of nitrogen functional groups attached to an aromatic ring is 1. The maximum atomic E-state index is 11.0. The number of benzene rings is 1. The molecule has 1 unspecified atom stereocenters. The van der Waals surface area contributed by atoms with Crippen molar-refractivity contribution >= 4 is 63.2 Å². The fourth-order valence-corrected chi connectivity index (χ4v) is 3.13. The highest BCUT2D eigenvalue weighted by Crippen LogP contribution is 2.35. The van der Waals surface area contributed by atoms with Crippen LogP contribution in [0.25, 0.3) is 5.69 Å². The van der Waals surface area contributed by atoms with Crippen LogP contribution in [0.2, 0.25) is 10.0 Å². The first-order valence-electron chi connectivity index (χ1n) is 5.74. The zero-order chi connectivity index (χ0) is 16.6. The second-order valence-corrected chi connectivity index (χ2v) is 6.27. The molecule has 0 spiro atoms. The average molecular weight is 380 g/mol. The number of nitrogens with one attached hydrogen (secondary N) is 1. The molecule has 2 aromatic rings. The lowest BCUT2D eigenvalue weighted by molar-refractivity contribution is 0.570. The van der Waals surface area contributed by atoms with Gasteiger partial charge < -0.3 is 11.5 Å². The van der Waals surface area contributed by atoms with E-state index in [2.05, 4.69) is 9.82 Å². The van der Waals surface area contributed by atoms with Crippen LogP contribution in [-0.2, 0) is 11.3 Å². The first-order valence-corrected chi connectivity index (χ1v) is 8.01. The molecule has 0 saturated carbocycles. The minimum Gasteiger partial charge on any atom is -0.388 e. The molecule has 6 N–H and O–H groups in total. The van der Waals surface area contributed by atoms with Crippen LogP contribution in [0, 0.1) is 6.92 Å². The topological polar surface area (TPSA) is 119 Å². The molecule has 0 radical (unpaired) electrons. The number of thiocarbonyl (C=S) groups is 1. The monoisotopic (exact) mass is 379 g/mol. The molecule has 2 rings (SSSR count). The lowest BCUT2D eigenvalue weighted by Gasteiger charge is -2.10. The van der Waals surface area contributed by atoms with Crippen LogP contribution in [-0.4, -0.2) is 23.5 Å². The molecule has 1 aromatic heterocycles. The Labute approximate surface area is 144 Å². The van der Waals surface area contributed by atoms with Crippen molar-refractivity contribution in [3.8, 4) is 5.69 Å². The van der Waals surface area contributed by atoms with E-state index in [1.807, 2.05) is 6.92 Å². The van der Waals surface area contributed by atoms with Gasteiger partial charge in [0.15, 0.2) is 5.82 Å². The average Bonchev–Trinajstić information content (AvgIpc) is 2.66. The van der Waals surface area contributed by atoms with Crippen LogP contribution < -0.4 is 16.2 Å². The molecule has 0 saturated heterocycles. The van der Waals surface area contributed by atoms with E-state index < -0.39 is 11.3 Å². The Hall–Kier alpha value is -1.39. The normalized spacial score (nSPS) is 12.2. The van der Waals surface area contributed by atoms with E-state index in [1.54, 1.807) is 12.1 Å². The largest absolute Gasteiger partial charge is 0.388 e. The van der Waals surface area contributed by atoms with Crippen molar-refractivity contribution in [2.75, 3.05) is 10.5 Å². The number of rotatable bonds is 4. The highest BCUT2D eigenvalue weighted by atomic mass is 35.5. The predicted molar refractivity (Wildman–Crippen MR) is 93.0 cm³/mol. The van der Waals surface area contributed by atoms with Gasteiger partial charge in [-0.2, -0.15) is 5.10 Å². The van der Waals surface area contributed by atoms with Gasteiger partial charge in [0.2, 0.25) is 0 Å². The molecular formula is C11H11Cl2N5O2S2. The van der Waals surface area contributed by atoms with E-state index in [9.17, 15) is 4.21 Å². The quantitative estimate of drug-likeness (QED) is 0.477. The molecule has 0 aliphatic rings. The number of aryl methyl sites for hydroxylation is 1. The van der Waals surface area contributed by atoms with Gasteiger partial charge in [-0.15, -0.1) is 0 Å². The first kappa shape index (κ1) is 17.0. The van der Waals surface area contributed by atoms with E-state index >= 15 is 0 Å². The zero-order valence-corrected chi connectivity index (χ0v) is 14.3. The number of anilines is 2. The van der Waals surface area contributed by atoms with Crippen LogP contribution in [0.15, 0.2) is 12.1 Å². The summed E-state index contributed by atoms with van der Waals surface area (Å²) in [6.07, 6.45) is 0. The van der Waals surface area contributed by atoms with E-state index in [0.717, 1.165) is 5.56 Å². The highest BCUT2D eigenvalue weighted by molar-refractivity contribution is 7.81. The lowest BCUT2D eigenvalue weighted by atomic mass is 10.2. The Bertz CT molecular complexity index is 770. The third-order valence-electron chi connectivity index (χ3n) is 2.72. The van der Waals surface area contributed by atoms with Crippen molar-refractivity contribution in [2.45, 2.75) is 6.92 Å². The summed E-state index contributed by atoms with van der Waals surface area (Å²) >= 11 is 14.9. The smallest absolute Gasteiger partial charge is 0.259 e. The lowest BCUT2D eigenvalue weighted by Crippen LogP contribution is -2.14. The summed E-state index contributed by atoms with van der Waals surface area (Å²) in [4.78, 5) is -0.0993. The van der Waals surface area contributed by atoms with E-state index in [-0.39, 0.29) is 22.2 Å². The first-order chi connectivity index (χ1) is 10.2. The summed E-state index contributed by atoms with van der Waals surface area (Å²) in [6.45, 7) is 1.83. The van der Waals surface area contributed by atoms with Gasteiger partial charge in [-0.25, -0.2) is 8.89 Å². The molecule has 0 bridgehead atoms. The summed E-state index contributed by atoms with van der Waals surface area (Å²) < 4.78 is 23.4. The summed E-state index contributed by atoms with van der Waals surface area (Å²) in [5.41, 5.74) is 12.8. The second kappa shape index (κ2) is 6.39. The fraction of sp³-hybridized carbons (Fsp3) is 0.0909. The Kier molecular flexibility index (Phi) is 4.93. The molecule has 7 nitrogen and oxygen atoms in total. The van der Waals surface area contributed by atoms with Crippen LogP contribution in [0.4, 0.5) is 11.5 Å². The molecule has 0 aliphatic heterocycles. The minimum atomic E-state index is -2.38. The molecule has 0 aliphatic carbocycles. The van der Waals surface area contributed by atoms with Gasteiger partial charge >= 0.3 is 0 Å². The molecule has 22 heavy (non-hydrogen) atoms. The SMILES string of the molecule is Cc1cc(Cl)c(-n2nc(C(N)=S)c(NS(=O)O)c2N)c(Cl)c1. The molecule has 0 fully saturated rings. The highest BCUT2D eigenvalue weighted by Gasteiger charge is 2.22. The van der Waals surface area contributed by atoms with Crippen molar-refractivity contribution in [3.63, 3.8) is 0 Å². The van der Waals surface area contributed by atoms with Crippen molar-refractivity contribution < 1.29 is 8.76 Å². The minimum absolute atomic E-state index is 0.00199. The Morgan fingerprint density at radius 3 is 2.45 bits per heavy atom. The summed E-state index contributed by atoms with van der Waals surface area (Å²) in [6, 6.07) is 3.36. The molecule has 0 amide bonds. The molecule has 1 aromatic carbocycles. The van der Waals surface area contributed by atoms with Crippen LogP contribution in [0.3, 0.4) is 0 Å². The van der Waals surface area contributed by atoms with Gasteiger partial charge in [0.25, 0.3) is 11.3 Å². The summed E-state index contributed by atoms with van der Waals surface area (Å²) in [7, 11) is 0. The standard InChI is InChI=1S/C11H11Cl2N5O2S2/c1-4-2-5(12)9(6(13)3-4)18-10(14)7(17-22(19)20)8(16-18)11(15)21/h2-3,17H,14H2,1H3,(H2,15,21)(H,19,20). The Balaban J connectivity index is 2.72. The Morgan fingerprint density at radius 1 is 1.45 bits per heavy atom. The second-order valence-electron chi connectivity index (χ2n) is 4.31. The fourth-order valence-electron chi connectivity index (χ4n) is 1.86. The van der Waals surface area contributed by atoms with Crippen LogP contribution in [0.1, 0.15) is 11.3 Å². The van der Waals surface area contributed by atoms with Gasteiger partial charge in [0, 0.05) is 0 Å². The molecule has 1 atom stereocenters. The number of nitrogens with two attached hydrogens (primary N) is 2. The van der Waals surface area contributed by atoms with Crippen LogP contribution >= 0.6 is 35.4 Å².